The highest BCUT2D eigenvalue weighted by Crippen LogP contribution is 2.39. The second-order valence-corrected chi connectivity index (χ2v) is 9.98. The zero-order chi connectivity index (χ0) is 28.7. The minimum atomic E-state index is -1.45. The van der Waals surface area contributed by atoms with Gasteiger partial charge in [0, 0.05) is 23.3 Å². The molecule has 5 aromatic rings. The van der Waals surface area contributed by atoms with E-state index in [1.807, 2.05) is 0 Å². The number of benzene rings is 2. The van der Waals surface area contributed by atoms with Crippen LogP contribution in [0.1, 0.15) is 41.3 Å². The van der Waals surface area contributed by atoms with E-state index in [1.165, 1.54) is 6.20 Å². The van der Waals surface area contributed by atoms with Crippen molar-refractivity contribution in [3.05, 3.63) is 100 Å². The molecule has 1 unspecified atom stereocenters. The van der Waals surface area contributed by atoms with E-state index in [1.54, 1.807) is 47.3 Å². The van der Waals surface area contributed by atoms with E-state index in [0.717, 1.165) is 25.1 Å². The number of aromatic nitrogens is 5. The first-order valence-electron chi connectivity index (χ1n) is 12.4. The lowest BCUT2D eigenvalue weighted by molar-refractivity contribution is 0.480. The number of nitrogens with zero attached hydrogens (tertiary/aromatic N) is 7. The number of rotatable bonds is 7. The van der Waals surface area contributed by atoms with Crippen LogP contribution in [0, 0.1) is 34.4 Å². The van der Waals surface area contributed by atoms with Crippen LogP contribution in [0.3, 0.4) is 0 Å². The van der Waals surface area contributed by atoms with E-state index < -0.39 is 17.2 Å². The largest absolute Gasteiger partial charge is 0.378 e. The van der Waals surface area contributed by atoms with Crippen LogP contribution in [-0.2, 0) is 5.44 Å². The Kier molecular flexibility index (Phi) is 6.48. The molecule has 1 fully saturated rings. The average Bonchev–Trinajstić information content (AvgIpc) is 3.70. The first kappa shape index (κ1) is 26.2. The minimum Gasteiger partial charge on any atom is -0.378 e. The number of halogens is 3. The summed E-state index contributed by atoms with van der Waals surface area (Å²) in [6.45, 7) is 0. The quantitative estimate of drug-likeness (QED) is 0.197. The van der Waals surface area contributed by atoms with Crippen LogP contribution in [-0.4, -0.2) is 32.8 Å². The van der Waals surface area contributed by atoms with E-state index >= 15 is 0 Å². The lowest BCUT2D eigenvalue weighted by Gasteiger charge is -2.32. The summed E-state index contributed by atoms with van der Waals surface area (Å²) in [5, 5.41) is 34.8. The van der Waals surface area contributed by atoms with Crippen molar-refractivity contribution in [1.82, 2.24) is 25.0 Å². The van der Waals surface area contributed by atoms with Crippen molar-refractivity contribution in [2.45, 2.75) is 24.3 Å². The first-order valence-corrected chi connectivity index (χ1v) is 12.8. The molecule has 1 aliphatic carbocycles. The molecular weight excluding hydrogens is 547 g/mol. The molecule has 2 aromatic carbocycles. The van der Waals surface area contributed by atoms with Crippen LogP contribution in [0.2, 0.25) is 5.02 Å². The molecule has 198 valence electrons. The van der Waals surface area contributed by atoms with Gasteiger partial charge in [0.25, 0.3) is 0 Å². The topological polar surface area (TPSA) is 128 Å². The van der Waals surface area contributed by atoms with E-state index in [9.17, 15) is 19.3 Å². The Morgan fingerprint density at radius 3 is 2.61 bits per heavy atom. The van der Waals surface area contributed by atoms with Gasteiger partial charge in [-0.15, -0.1) is 5.10 Å². The minimum absolute atomic E-state index is 0.112. The Balaban J connectivity index is 1.49. The zero-order valence-electron chi connectivity index (χ0n) is 21.1. The van der Waals surface area contributed by atoms with Gasteiger partial charge in [-0.25, -0.2) is 14.1 Å². The average molecular weight is 564 g/mol. The maximum Gasteiger partial charge on any atom is 0.249 e. The van der Waals surface area contributed by atoms with Crippen molar-refractivity contribution in [2.24, 2.45) is 0 Å². The van der Waals surface area contributed by atoms with Crippen LogP contribution >= 0.6 is 11.6 Å². The van der Waals surface area contributed by atoms with E-state index in [2.05, 4.69) is 43.1 Å². The number of hydrogen-bond donors (Lipinski definition) is 2. The number of anilines is 3. The molecule has 9 nitrogen and oxygen atoms in total. The fraction of sp³-hybridized carbons (Fsp3) is 0.143. The molecule has 13 heteroatoms. The third-order valence-electron chi connectivity index (χ3n) is 6.73. The third kappa shape index (κ3) is 4.90. The van der Waals surface area contributed by atoms with E-state index in [0.29, 0.717) is 33.4 Å². The number of nitriles is 2. The highest BCUT2D eigenvalue weighted by Gasteiger charge is 2.34. The highest BCUT2D eigenvalue weighted by molar-refractivity contribution is 6.36. The number of hydrogen-bond acceptors (Lipinski definition) is 8. The van der Waals surface area contributed by atoms with Gasteiger partial charge in [0.1, 0.15) is 19.6 Å². The molecule has 0 aliphatic heterocycles. The van der Waals surface area contributed by atoms with Crippen molar-refractivity contribution in [1.29, 1.82) is 10.5 Å². The summed E-state index contributed by atoms with van der Waals surface area (Å²) in [6.07, 6.45) is 6.19. The molecule has 1 aliphatic rings. The standard InChI is InChI=1S/C28H17BClF2N9/c29-28(17-3-1-2-15(6-17)10-33,24-14-41(40-39-24)20-4-5-20)38-18-7-21-25(37-19-9-23(31)27(32)36-13-19)16(11-34)12-35-26(21)22(30)8-18/h1-3,6-9,12-14,20,38H,4-5H2,(H,35,37). The van der Waals surface area contributed by atoms with Crippen molar-refractivity contribution in [3.8, 4) is 12.1 Å². The van der Waals surface area contributed by atoms with Crippen LogP contribution < -0.4 is 10.6 Å². The summed E-state index contributed by atoms with van der Waals surface area (Å²) in [5.74, 6) is -2.40. The maximum absolute atomic E-state index is 13.9. The molecule has 0 saturated heterocycles. The fourth-order valence-corrected chi connectivity index (χ4v) is 4.77. The summed E-state index contributed by atoms with van der Waals surface area (Å²) < 4.78 is 29.1. The third-order valence-corrected chi connectivity index (χ3v) is 7.02. The Labute approximate surface area is 238 Å². The second-order valence-electron chi connectivity index (χ2n) is 9.58. The van der Waals surface area contributed by atoms with Crippen molar-refractivity contribution < 1.29 is 8.78 Å². The van der Waals surface area contributed by atoms with E-state index in [4.69, 9.17) is 19.4 Å². The summed E-state index contributed by atoms with van der Waals surface area (Å²) >= 11 is 6.65. The predicted molar refractivity (Wildman–Crippen MR) is 149 cm³/mol. The molecule has 2 N–H and O–H groups in total. The Morgan fingerprint density at radius 2 is 1.88 bits per heavy atom. The summed E-state index contributed by atoms with van der Waals surface area (Å²) in [5.41, 5.74) is 1.18. The van der Waals surface area contributed by atoms with E-state index in [-0.39, 0.29) is 28.0 Å². The van der Waals surface area contributed by atoms with Gasteiger partial charge >= 0.3 is 0 Å². The van der Waals surface area contributed by atoms with Crippen LogP contribution in [0.25, 0.3) is 10.9 Å². The van der Waals surface area contributed by atoms with Gasteiger partial charge < -0.3 is 10.6 Å². The molecule has 2 radical (unpaired) electrons. The van der Waals surface area contributed by atoms with Gasteiger partial charge in [0.2, 0.25) is 5.95 Å². The first-order chi connectivity index (χ1) is 19.8. The predicted octanol–water partition coefficient (Wildman–Crippen LogP) is 5.46. The van der Waals surface area contributed by atoms with Gasteiger partial charge in [-0.05, 0) is 42.7 Å². The number of fused-ring (bicyclic) bond motifs is 1. The van der Waals surface area contributed by atoms with Gasteiger partial charge in [-0.2, -0.15) is 14.9 Å². The van der Waals surface area contributed by atoms with Crippen molar-refractivity contribution >= 4 is 47.4 Å². The smallest absolute Gasteiger partial charge is 0.249 e. The van der Waals surface area contributed by atoms with Crippen molar-refractivity contribution in [3.63, 3.8) is 0 Å². The molecule has 6 rings (SSSR count). The molecular formula is C28H17BClF2N9. The fourth-order valence-electron chi connectivity index (χ4n) is 4.51. The molecule has 0 amide bonds. The normalized spacial score (nSPS) is 14.2. The number of nitrogens with one attached hydrogen (secondary N) is 2. The van der Waals surface area contributed by atoms with Gasteiger partial charge in [0.05, 0.1) is 63.0 Å². The molecule has 41 heavy (non-hydrogen) atoms. The van der Waals surface area contributed by atoms with Crippen molar-refractivity contribution in [2.75, 3.05) is 10.6 Å². The zero-order valence-corrected chi connectivity index (χ0v) is 21.9. The molecule has 1 atom stereocenters. The molecule has 3 heterocycles. The van der Waals surface area contributed by atoms with Gasteiger partial charge in [0.15, 0.2) is 5.82 Å². The Hall–Kier alpha value is -5.07. The van der Waals surface area contributed by atoms with Gasteiger partial charge in [-0.3, -0.25) is 4.98 Å². The Morgan fingerprint density at radius 1 is 1.05 bits per heavy atom. The lowest BCUT2D eigenvalue weighted by Crippen LogP contribution is -2.38. The summed E-state index contributed by atoms with van der Waals surface area (Å²) in [6, 6.07) is 15.5. The maximum atomic E-state index is 13.9. The monoisotopic (exact) mass is 563 g/mol. The van der Waals surface area contributed by atoms with Crippen LogP contribution in [0.15, 0.2) is 61.1 Å². The summed E-state index contributed by atoms with van der Waals surface area (Å²) in [7, 11) is 7.02. The SMILES string of the molecule is [B]C(Nc1cc(Cl)c2ncc(C#N)c(Nc3cnc(F)c(F)c3)c2c1)(c1cccc(C#N)c1)c1cn(C2CC2)nn1. The molecule has 0 bridgehead atoms. The van der Waals surface area contributed by atoms with Crippen LogP contribution in [0.4, 0.5) is 25.8 Å². The lowest BCUT2D eigenvalue weighted by atomic mass is 9.69. The Bertz CT molecular complexity index is 1910. The molecule has 0 spiro atoms. The molecule has 1 saturated carbocycles. The molecule has 3 aromatic heterocycles. The van der Waals surface area contributed by atoms with Gasteiger partial charge in [-0.1, -0.05) is 28.9 Å². The second kappa shape index (κ2) is 10.2. The summed E-state index contributed by atoms with van der Waals surface area (Å²) in [4.78, 5) is 7.73. The highest BCUT2D eigenvalue weighted by atomic mass is 35.5. The van der Waals surface area contributed by atoms with Crippen LogP contribution in [0.5, 0.6) is 0 Å². The number of pyridine rings is 2.